The molecule has 122 valence electrons. The third-order valence-electron chi connectivity index (χ3n) is 4.47. The van der Waals surface area contributed by atoms with Gasteiger partial charge in [0.05, 0.1) is 17.2 Å². The Balaban J connectivity index is 2.05. The maximum Gasteiger partial charge on any atom is 0.336 e. The molecule has 0 radical (unpaired) electrons. The van der Waals surface area contributed by atoms with E-state index < -0.39 is 5.97 Å². The number of hydrogen-bond donors (Lipinski definition) is 1. The second-order valence-corrected chi connectivity index (χ2v) is 6.68. The summed E-state index contributed by atoms with van der Waals surface area (Å²) in [7, 11) is 0. The highest BCUT2D eigenvalue weighted by Crippen LogP contribution is 2.38. The van der Waals surface area contributed by atoms with Crippen molar-refractivity contribution in [3.63, 3.8) is 0 Å². The standard InChI is InChI=1S/C22H17NO2/c1-22(2)12-11-17(14-23)19-13-15(8-10-20(19)22)7-9-16-5-3-4-6-18(16)21(24)25/h3-6,8,10-11,13H,12H2,1-2H3,(H,24,25). The number of rotatable bonds is 1. The molecular formula is C22H17NO2. The van der Waals surface area contributed by atoms with Gasteiger partial charge in [-0.25, -0.2) is 4.79 Å². The second-order valence-electron chi connectivity index (χ2n) is 6.68. The van der Waals surface area contributed by atoms with E-state index in [1.807, 2.05) is 24.3 Å². The molecule has 25 heavy (non-hydrogen) atoms. The average Bonchev–Trinajstić information content (AvgIpc) is 2.60. The summed E-state index contributed by atoms with van der Waals surface area (Å²) in [5, 5.41) is 18.6. The van der Waals surface area contributed by atoms with E-state index in [4.69, 9.17) is 0 Å². The summed E-state index contributed by atoms with van der Waals surface area (Å²) in [5.74, 6) is 4.97. The van der Waals surface area contributed by atoms with Crippen molar-refractivity contribution in [3.8, 4) is 17.9 Å². The molecule has 0 heterocycles. The van der Waals surface area contributed by atoms with Gasteiger partial charge >= 0.3 is 5.97 Å². The first kappa shape index (κ1) is 16.6. The van der Waals surface area contributed by atoms with E-state index in [9.17, 15) is 15.2 Å². The Morgan fingerprint density at radius 3 is 2.64 bits per heavy atom. The maximum atomic E-state index is 11.3. The van der Waals surface area contributed by atoms with Crippen LogP contribution in [-0.2, 0) is 5.41 Å². The Labute approximate surface area is 147 Å². The molecule has 0 unspecified atom stereocenters. The first-order chi connectivity index (χ1) is 11.9. The zero-order valence-corrected chi connectivity index (χ0v) is 14.1. The van der Waals surface area contributed by atoms with E-state index >= 15 is 0 Å². The van der Waals surface area contributed by atoms with Crippen LogP contribution in [0.5, 0.6) is 0 Å². The third-order valence-corrected chi connectivity index (χ3v) is 4.47. The number of carboxylic acid groups (broad SMARTS) is 1. The molecule has 0 aliphatic heterocycles. The minimum atomic E-state index is -0.994. The number of carbonyl (C=O) groups is 1. The Hall–Kier alpha value is -3.30. The van der Waals surface area contributed by atoms with Crippen molar-refractivity contribution in [2.75, 3.05) is 0 Å². The SMILES string of the molecule is CC1(C)CC=C(C#N)c2cc(C#Cc3ccccc3C(=O)O)ccc21. The van der Waals surface area contributed by atoms with Crippen molar-refractivity contribution in [1.82, 2.24) is 0 Å². The van der Waals surface area contributed by atoms with Crippen molar-refractivity contribution < 1.29 is 9.90 Å². The molecule has 0 atom stereocenters. The number of benzene rings is 2. The van der Waals surface area contributed by atoms with Crippen molar-refractivity contribution >= 4 is 11.5 Å². The van der Waals surface area contributed by atoms with Crippen LogP contribution in [0.4, 0.5) is 0 Å². The van der Waals surface area contributed by atoms with Gasteiger partial charge in [-0.15, -0.1) is 0 Å². The van der Waals surface area contributed by atoms with Crippen LogP contribution >= 0.6 is 0 Å². The quantitative estimate of drug-likeness (QED) is 0.791. The summed E-state index contributed by atoms with van der Waals surface area (Å²) in [5.41, 5.74) is 4.13. The molecule has 3 rings (SSSR count). The number of carboxylic acids is 1. The molecule has 2 aromatic rings. The van der Waals surface area contributed by atoms with Gasteiger partial charge in [0.1, 0.15) is 0 Å². The van der Waals surface area contributed by atoms with E-state index in [1.165, 1.54) is 6.07 Å². The van der Waals surface area contributed by atoms with E-state index in [2.05, 4.69) is 31.8 Å². The number of nitriles is 1. The van der Waals surface area contributed by atoms with Crippen LogP contribution in [-0.4, -0.2) is 11.1 Å². The van der Waals surface area contributed by atoms with E-state index in [1.54, 1.807) is 18.2 Å². The minimum Gasteiger partial charge on any atom is -0.478 e. The lowest BCUT2D eigenvalue weighted by atomic mass is 9.73. The number of allylic oxidation sites excluding steroid dienone is 2. The molecule has 1 aliphatic rings. The van der Waals surface area contributed by atoms with E-state index in [0.717, 1.165) is 23.1 Å². The predicted molar refractivity (Wildman–Crippen MR) is 97.1 cm³/mol. The van der Waals surface area contributed by atoms with Gasteiger partial charge in [0.2, 0.25) is 0 Å². The van der Waals surface area contributed by atoms with Crippen molar-refractivity contribution in [2.45, 2.75) is 25.7 Å². The van der Waals surface area contributed by atoms with Crippen LogP contribution in [0.1, 0.15) is 52.9 Å². The fourth-order valence-corrected chi connectivity index (χ4v) is 3.04. The molecular weight excluding hydrogens is 310 g/mol. The summed E-state index contributed by atoms with van der Waals surface area (Å²) >= 11 is 0. The fraction of sp³-hybridized carbons (Fsp3) is 0.182. The van der Waals surface area contributed by atoms with Gasteiger partial charge in [-0.1, -0.05) is 50.0 Å². The Bertz CT molecular complexity index is 995. The van der Waals surface area contributed by atoms with Crippen molar-refractivity contribution in [3.05, 3.63) is 76.4 Å². The zero-order valence-electron chi connectivity index (χ0n) is 14.1. The molecule has 0 spiro atoms. The van der Waals surface area contributed by atoms with Crippen LogP contribution in [0.2, 0.25) is 0 Å². The molecule has 0 bridgehead atoms. The molecule has 3 heteroatoms. The highest BCUT2D eigenvalue weighted by Gasteiger charge is 2.28. The summed E-state index contributed by atoms with van der Waals surface area (Å²) in [6.07, 6.45) is 2.80. The monoisotopic (exact) mass is 327 g/mol. The van der Waals surface area contributed by atoms with Crippen LogP contribution in [0, 0.1) is 23.2 Å². The van der Waals surface area contributed by atoms with Crippen LogP contribution in [0.3, 0.4) is 0 Å². The molecule has 0 aromatic heterocycles. The normalized spacial score (nSPS) is 14.4. The topological polar surface area (TPSA) is 61.1 Å². The molecule has 1 N–H and O–H groups in total. The largest absolute Gasteiger partial charge is 0.478 e. The Morgan fingerprint density at radius 2 is 1.92 bits per heavy atom. The van der Waals surface area contributed by atoms with Gasteiger partial charge in [-0.2, -0.15) is 5.26 Å². The zero-order chi connectivity index (χ0) is 18.0. The van der Waals surface area contributed by atoms with Gasteiger partial charge in [0.25, 0.3) is 0 Å². The van der Waals surface area contributed by atoms with Crippen LogP contribution in [0.15, 0.2) is 48.5 Å². The minimum absolute atomic E-state index is 0.0163. The highest BCUT2D eigenvalue weighted by molar-refractivity contribution is 5.90. The molecule has 0 amide bonds. The molecule has 1 aliphatic carbocycles. The summed E-state index contributed by atoms with van der Waals surface area (Å²) < 4.78 is 0. The summed E-state index contributed by atoms with van der Waals surface area (Å²) in [6, 6.07) is 14.8. The summed E-state index contributed by atoms with van der Waals surface area (Å²) in [4.78, 5) is 11.3. The smallest absolute Gasteiger partial charge is 0.336 e. The molecule has 0 saturated carbocycles. The molecule has 2 aromatic carbocycles. The first-order valence-electron chi connectivity index (χ1n) is 8.02. The van der Waals surface area contributed by atoms with Gasteiger partial charge < -0.3 is 5.11 Å². The second kappa shape index (κ2) is 6.30. The van der Waals surface area contributed by atoms with Crippen LogP contribution < -0.4 is 0 Å². The summed E-state index contributed by atoms with van der Waals surface area (Å²) in [6.45, 7) is 4.32. The number of aromatic carboxylic acids is 1. The molecule has 0 fully saturated rings. The molecule has 3 nitrogen and oxygen atoms in total. The first-order valence-corrected chi connectivity index (χ1v) is 8.02. The van der Waals surface area contributed by atoms with E-state index in [0.29, 0.717) is 11.1 Å². The van der Waals surface area contributed by atoms with E-state index in [-0.39, 0.29) is 11.0 Å². The maximum absolute atomic E-state index is 11.3. The Kier molecular flexibility index (Phi) is 4.17. The van der Waals surface area contributed by atoms with Crippen molar-refractivity contribution in [1.29, 1.82) is 5.26 Å². The molecule has 0 saturated heterocycles. The fourth-order valence-electron chi connectivity index (χ4n) is 3.04. The van der Waals surface area contributed by atoms with Gasteiger partial charge in [-0.05, 0) is 47.2 Å². The number of hydrogen-bond acceptors (Lipinski definition) is 2. The third kappa shape index (κ3) is 3.18. The Morgan fingerprint density at radius 1 is 1.16 bits per heavy atom. The van der Waals surface area contributed by atoms with Gasteiger partial charge in [0, 0.05) is 11.1 Å². The predicted octanol–water partition coefficient (Wildman–Crippen LogP) is 4.37. The lowest BCUT2D eigenvalue weighted by molar-refractivity contribution is 0.0696. The average molecular weight is 327 g/mol. The highest BCUT2D eigenvalue weighted by atomic mass is 16.4. The lowest BCUT2D eigenvalue weighted by Crippen LogP contribution is -2.21. The number of fused-ring (bicyclic) bond motifs is 1. The number of nitrogens with zero attached hydrogens (tertiary/aromatic N) is 1. The van der Waals surface area contributed by atoms with Crippen LogP contribution in [0.25, 0.3) is 5.57 Å². The van der Waals surface area contributed by atoms with Gasteiger partial charge in [-0.3, -0.25) is 0 Å². The lowest BCUT2D eigenvalue weighted by Gasteiger charge is -2.30. The van der Waals surface area contributed by atoms with Gasteiger partial charge in [0.15, 0.2) is 0 Å². The van der Waals surface area contributed by atoms with Crippen molar-refractivity contribution in [2.24, 2.45) is 0 Å².